The number of fused-ring (bicyclic) bond motifs is 2. The number of carbonyl (C=O) groups is 1. The van der Waals surface area contributed by atoms with E-state index in [4.69, 9.17) is 5.11 Å². The fraction of sp³-hybridized carbons (Fsp3) is 0.394. The van der Waals surface area contributed by atoms with Gasteiger partial charge in [0, 0.05) is 47.9 Å². The maximum Gasteiger partial charge on any atom is 0.303 e. The lowest BCUT2D eigenvalue weighted by Gasteiger charge is -2.29. The van der Waals surface area contributed by atoms with Crippen LogP contribution in [0.1, 0.15) is 64.5 Å². The van der Waals surface area contributed by atoms with E-state index in [-0.39, 0.29) is 23.3 Å². The van der Waals surface area contributed by atoms with Gasteiger partial charge >= 0.3 is 5.97 Å². The molecule has 38 heavy (non-hydrogen) atoms. The van der Waals surface area contributed by atoms with Crippen LogP contribution in [0, 0.1) is 11.3 Å². The number of carboxylic acid groups (broad SMARTS) is 1. The van der Waals surface area contributed by atoms with Gasteiger partial charge < -0.3 is 14.9 Å². The van der Waals surface area contributed by atoms with Gasteiger partial charge in [-0.3, -0.25) is 4.79 Å². The second-order valence-corrected chi connectivity index (χ2v) is 11.4. The summed E-state index contributed by atoms with van der Waals surface area (Å²) in [7, 11) is 2.12. The summed E-state index contributed by atoms with van der Waals surface area (Å²) >= 11 is 0. The van der Waals surface area contributed by atoms with Crippen LogP contribution >= 0.6 is 0 Å². The average Bonchev–Trinajstić information content (AvgIpc) is 3.22. The Kier molecular flexibility index (Phi) is 7.83. The zero-order valence-electron chi connectivity index (χ0n) is 23.2. The Hall–Kier alpha value is -3.78. The van der Waals surface area contributed by atoms with Crippen molar-refractivity contribution in [1.82, 2.24) is 0 Å². The zero-order chi connectivity index (χ0) is 27.5. The van der Waals surface area contributed by atoms with Gasteiger partial charge in [0.1, 0.15) is 0 Å². The molecule has 1 N–H and O–H groups in total. The summed E-state index contributed by atoms with van der Waals surface area (Å²) in [4.78, 5) is 15.5. The molecule has 2 aliphatic heterocycles. The van der Waals surface area contributed by atoms with Crippen LogP contribution in [0.5, 0.6) is 0 Å². The minimum Gasteiger partial charge on any atom is -0.481 e. The van der Waals surface area contributed by atoms with Crippen molar-refractivity contribution in [3.8, 4) is 6.07 Å². The third-order valence-corrected chi connectivity index (χ3v) is 8.21. The van der Waals surface area contributed by atoms with E-state index in [1.165, 1.54) is 22.5 Å². The first-order valence-corrected chi connectivity index (χ1v) is 13.5. The van der Waals surface area contributed by atoms with E-state index < -0.39 is 5.97 Å². The van der Waals surface area contributed by atoms with E-state index in [2.05, 4.69) is 111 Å². The normalized spacial score (nSPS) is 20.6. The first kappa shape index (κ1) is 27.3. The Morgan fingerprint density at radius 2 is 1.66 bits per heavy atom. The molecule has 5 heteroatoms. The van der Waals surface area contributed by atoms with Crippen molar-refractivity contribution in [3.05, 3.63) is 95.2 Å². The third kappa shape index (κ3) is 5.13. The lowest BCUT2D eigenvalue weighted by atomic mass is 9.80. The molecule has 1 unspecified atom stereocenters. The maximum absolute atomic E-state index is 10.9. The molecule has 0 radical (unpaired) electrons. The standard InChI is InChI=1S/C33H39N3O2/c1-32(2)25-13-8-10-15-27(25)35(5)29(32)20-18-24(23-34)19-21-30-33(3,4)26-14-9-11-16-28(26)36(30)22-12-6-7-17-31(37)38/h8-11,13-16,18-21,29H,6-7,12,17,22H2,1-5H3,(H,37,38)/b20-18+,24-19-,30-21-. The summed E-state index contributed by atoms with van der Waals surface area (Å²) in [6.07, 6.45) is 10.8. The van der Waals surface area contributed by atoms with Gasteiger partial charge in [-0.2, -0.15) is 5.26 Å². The number of hydrogen-bond donors (Lipinski definition) is 1. The molecule has 0 bridgehead atoms. The van der Waals surface area contributed by atoms with Crippen LogP contribution in [0.15, 0.2) is 84.1 Å². The number of nitriles is 1. The lowest BCUT2D eigenvalue weighted by molar-refractivity contribution is -0.137. The van der Waals surface area contributed by atoms with E-state index in [0.29, 0.717) is 12.0 Å². The summed E-state index contributed by atoms with van der Waals surface area (Å²) < 4.78 is 0. The van der Waals surface area contributed by atoms with Crippen LogP contribution in [-0.4, -0.2) is 30.7 Å². The highest BCUT2D eigenvalue weighted by atomic mass is 16.4. The number of benzene rings is 2. The Morgan fingerprint density at radius 1 is 1.00 bits per heavy atom. The Labute approximate surface area is 227 Å². The maximum atomic E-state index is 10.9. The molecule has 2 aromatic rings. The molecule has 0 amide bonds. The molecule has 5 nitrogen and oxygen atoms in total. The van der Waals surface area contributed by atoms with E-state index in [0.717, 1.165) is 25.1 Å². The van der Waals surface area contributed by atoms with Crippen molar-refractivity contribution in [2.75, 3.05) is 23.4 Å². The second kappa shape index (κ2) is 10.9. The number of allylic oxidation sites excluding steroid dienone is 5. The van der Waals surface area contributed by atoms with Crippen molar-refractivity contribution in [2.24, 2.45) is 0 Å². The van der Waals surface area contributed by atoms with Crippen LogP contribution in [-0.2, 0) is 15.6 Å². The lowest BCUT2D eigenvalue weighted by Crippen LogP contribution is -2.37. The van der Waals surface area contributed by atoms with Gasteiger partial charge in [0.25, 0.3) is 0 Å². The molecule has 1 atom stereocenters. The Balaban J connectivity index is 1.58. The molecule has 0 fully saturated rings. The summed E-state index contributed by atoms with van der Waals surface area (Å²) in [5, 5.41) is 18.9. The molecule has 2 aromatic carbocycles. The number of para-hydroxylation sites is 2. The van der Waals surface area contributed by atoms with Gasteiger partial charge in [-0.1, -0.05) is 76.6 Å². The molecule has 0 saturated heterocycles. The third-order valence-electron chi connectivity index (χ3n) is 8.21. The number of aliphatic carboxylic acids is 1. The van der Waals surface area contributed by atoms with Crippen molar-refractivity contribution >= 4 is 17.3 Å². The first-order valence-electron chi connectivity index (χ1n) is 13.5. The van der Waals surface area contributed by atoms with Gasteiger partial charge in [0.05, 0.1) is 17.7 Å². The molecule has 4 rings (SSSR count). The van der Waals surface area contributed by atoms with E-state index in [1.807, 2.05) is 12.2 Å². The minimum atomic E-state index is -0.739. The number of hydrogen-bond acceptors (Lipinski definition) is 4. The topological polar surface area (TPSA) is 67.6 Å². The van der Waals surface area contributed by atoms with Gasteiger partial charge in [-0.05, 0) is 54.3 Å². The SMILES string of the molecule is CN1c2ccccc2C(C)(C)C1/C=C/C(C#N)=C/C=C1\N(CCCCCC(=O)O)c2ccccc2C1(C)C. The summed E-state index contributed by atoms with van der Waals surface area (Å²) in [6.45, 7) is 9.79. The molecule has 2 heterocycles. The highest BCUT2D eigenvalue weighted by Crippen LogP contribution is 2.48. The van der Waals surface area contributed by atoms with E-state index >= 15 is 0 Å². The first-order chi connectivity index (χ1) is 18.1. The Morgan fingerprint density at radius 3 is 2.32 bits per heavy atom. The van der Waals surface area contributed by atoms with Crippen LogP contribution in [0.2, 0.25) is 0 Å². The van der Waals surface area contributed by atoms with Gasteiger partial charge in [0.15, 0.2) is 0 Å². The fourth-order valence-electron chi connectivity index (χ4n) is 6.09. The quantitative estimate of drug-likeness (QED) is 0.222. The minimum absolute atomic E-state index is 0.0621. The molecule has 2 aliphatic rings. The highest BCUT2D eigenvalue weighted by molar-refractivity contribution is 5.71. The van der Waals surface area contributed by atoms with Crippen molar-refractivity contribution in [1.29, 1.82) is 5.26 Å². The monoisotopic (exact) mass is 509 g/mol. The van der Waals surface area contributed by atoms with Crippen molar-refractivity contribution < 1.29 is 9.90 Å². The smallest absolute Gasteiger partial charge is 0.303 e. The van der Waals surface area contributed by atoms with Gasteiger partial charge in [0.2, 0.25) is 0 Å². The number of rotatable bonds is 9. The predicted molar refractivity (Wildman–Crippen MR) is 155 cm³/mol. The number of likely N-dealkylation sites (N-methyl/N-ethyl adjacent to an activating group) is 1. The molecule has 0 aromatic heterocycles. The highest BCUT2D eigenvalue weighted by Gasteiger charge is 2.41. The fourth-order valence-corrected chi connectivity index (χ4v) is 6.09. The van der Waals surface area contributed by atoms with Crippen molar-refractivity contribution in [2.45, 2.75) is 70.3 Å². The Bertz CT molecular complexity index is 1330. The largest absolute Gasteiger partial charge is 0.481 e. The summed E-state index contributed by atoms with van der Waals surface area (Å²) in [5.74, 6) is -0.739. The van der Waals surface area contributed by atoms with Crippen LogP contribution in [0.25, 0.3) is 0 Å². The molecular formula is C33H39N3O2. The zero-order valence-corrected chi connectivity index (χ0v) is 23.2. The van der Waals surface area contributed by atoms with Crippen LogP contribution < -0.4 is 9.80 Å². The van der Waals surface area contributed by atoms with Gasteiger partial charge in [-0.25, -0.2) is 0 Å². The number of unbranched alkanes of at least 4 members (excludes halogenated alkanes) is 2. The van der Waals surface area contributed by atoms with Crippen LogP contribution in [0.3, 0.4) is 0 Å². The predicted octanol–water partition coefficient (Wildman–Crippen LogP) is 7.12. The average molecular weight is 510 g/mol. The van der Waals surface area contributed by atoms with Crippen LogP contribution in [0.4, 0.5) is 11.4 Å². The van der Waals surface area contributed by atoms with Gasteiger partial charge in [-0.15, -0.1) is 0 Å². The molecular weight excluding hydrogens is 470 g/mol. The number of nitrogens with zero attached hydrogens (tertiary/aromatic N) is 3. The van der Waals surface area contributed by atoms with E-state index in [1.54, 1.807) is 0 Å². The van der Waals surface area contributed by atoms with E-state index in [9.17, 15) is 10.1 Å². The molecule has 0 saturated carbocycles. The second-order valence-electron chi connectivity index (χ2n) is 11.4. The van der Waals surface area contributed by atoms with Crippen molar-refractivity contribution in [3.63, 3.8) is 0 Å². The summed E-state index contributed by atoms with van der Waals surface area (Å²) in [6, 6.07) is 19.5. The molecule has 0 spiro atoms. The number of anilines is 2. The molecule has 0 aliphatic carbocycles. The number of carboxylic acids is 1. The summed E-state index contributed by atoms with van der Waals surface area (Å²) in [5.41, 5.74) is 6.53. The molecule has 198 valence electrons.